The van der Waals surface area contributed by atoms with Crippen LogP contribution in [0.4, 0.5) is 15.9 Å². The number of rotatable bonds is 11. The van der Waals surface area contributed by atoms with Crippen LogP contribution in [0.25, 0.3) is 22.2 Å². The van der Waals surface area contributed by atoms with E-state index in [1.807, 2.05) is 36.4 Å². The normalized spacial score (nSPS) is 11.6. The minimum atomic E-state index is -3.00. The van der Waals surface area contributed by atoms with E-state index in [2.05, 4.69) is 25.6 Å². The molecule has 206 valence electrons. The second kappa shape index (κ2) is 12.0. The van der Waals surface area contributed by atoms with Crippen LogP contribution < -0.4 is 15.4 Å². The lowest BCUT2D eigenvalue weighted by Crippen LogP contribution is -2.22. The third-order valence-electron chi connectivity index (χ3n) is 6.14. The third-order valence-corrected chi connectivity index (χ3v) is 7.38. The summed E-state index contributed by atoms with van der Waals surface area (Å²) in [7, 11) is -3.00. The van der Waals surface area contributed by atoms with Gasteiger partial charge in [0.05, 0.1) is 16.3 Å². The van der Waals surface area contributed by atoms with Crippen molar-refractivity contribution < 1.29 is 17.5 Å². The van der Waals surface area contributed by atoms with Gasteiger partial charge in [-0.25, -0.2) is 22.8 Å². The van der Waals surface area contributed by atoms with E-state index in [4.69, 9.17) is 16.3 Å². The molecule has 0 aliphatic rings. The molecule has 0 saturated heterocycles. The largest absolute Gasteiger partial charge is 0.487 e. The zero-order chi connectivity index (χ0) is 28.1. The summed E-state index contributed by atoms with van der Waals surface area (Å²) in [4.78, 5) is 12.2. The highest BCUT2D eigenvalue weighted by Gasteiger charge is 2.10. The molecule has 0 saturated carbocycles. The predicted octanol–water partition coefficient (Wildman–Crippen LogP) is 5.87. The maximum atomic E-state index is 13.4. The van der Waals surface area contributed by atoms with Crippen LogP contribution >= 0.6 is 11.6 Å². The van der Waals surface area contributed by atoms with Crippen LogP contribution in [0.5, 0.6) is 5.75 Å². The molecule has 0 aliphatic heterocycles. The molecule has 11 heteroatoms. The molecule has 0 amide bonds. The lowest BCUT2D eigenvalue weighted by molar-refractivity contribution is 0.306. The Bertz CT molecular complexity index is 1760. The second-order valence-electron chi connectivity index (χ2n) is 9.35. The number of fused-ring (bicyclic) bond motifs is 1. The highest BCUT2D eigenvalue weighted by molar-refractivity contribution is 7.90. The summed E-state index contributed by atoms with van der Waals surface area (Å²) in [5.74, 6) is 0.879. The number of benzene rings is 3. The predicted molar refractivity (Wildman–Crippen MR) is 156 cm³/mol. The van der Waals surface area contributed by atoms with Crippen molar-refractivity contribution in [2.24, 2.45) is 0 Å². The standard InChI is InChI=1S/C29H27ClFN5O3S/c1-40(37,38)12-11-32-16-23-6-9-26(35-23)20-5-8-27-24(14-20)29(34-18-33-27)36-22-7-10-28(25(30)15-22)39-17-19-3-2-4-21(31)13-19/h2-10,13-15,18,32,35H,11-12,16-17H2,1H3,(H,33,34,36). The molecular weight excluding hydrogens is 553 g/mol. The van der Waals surface area contributed by atoms with Gasteiger partial charge in [0.25, 0.3) is 0 Å². The van der Waals surface area contributed by atoms with Crippen LogP contribution in [0, 0.1) is 5.82 Å². The number of hydrogen-bond donors (Lipinski definition) is 3. The number of anilines is 2. The Morgan fingerprint density at radius 3 is 2.70 bits per heavy atom. The van der Waals surface area contributed by atoms with E-state index in [0.717, 1.165) is 33.5 Å². The third kappa shape index (κ3) is 7.15. The molecule has 0 unspecified atom stereocenters. The van der Waals surface area contributed by atoms with Crippen molar-refractivity contribution in [3.63, 3.8) is 0 Å². The van der Waals surface area contributed by atoms with Gasteiger partial charge in [-0.1, -0.05) is 29.8 Å². The van der Waals surface area contributed by atoms with E-state index >= 15 is 0 Å². The maximum absolute atomic E-state index is 13.4. The molecule has 2 heterocycles. The Kier molecular flexibility index (Phi) is 8.29. The van der Waals surface area contributed by atoms with Gasteiger partial charge in [0, 0.05) is 41.8 Å². The molecular formula is C29H27ClFN5O3S. The van der Waals surface area contributed by atoms with Gasteiger partial charge in [-0.15, -0.1) is 0 Å². The Hall–Kier alpha value is -3.99. The topological polar surface area (TPSA) is 109 Å². The lowest BCUT2D eigenvalue weighted by Gasteiger charge is -2.12. The molecule has 5 aromatic rings. The van der Waals surface area contributed by atoms with Crippen LogP contribution in [-0.4, -0.2) is 41.9 Å². The molecule has 3 aromatic carbocycles. The molecule has 8 nitrogen and oxygen atoms in total. The average molecular weight is 580 g/mol. The van der Waals surface area contributed by atoms with Gasteiger partial charge < -0.3 is 20.4 Å². The number of nitrogens with zero attached hydrogens (tertiary/aromatic N) is 2. The Labute approximate surface area is 236 Å². The quantitative estimate of drug-likeness (QED) is 0.168. The van der Waals surface area contributed by atoms with Crippen molar-refractivity contribution in [3.8, 4) is 17.0 Å². The van der Waals surface area contributed by atoms with Crippen molar-refractivity contribution >= 4 is 43.8 Å². The van der Waals surface area contributed by atoms with Crippen LogP contribution in [-0.2, 0) is 23.0 Å². The molecule has 0 atom stereocenters. The molecule has 0 aliphatic carbocycles. The molecule has 3 N–H and O–H groups in total. The van der Waals surface area contributed by atoms with Gasteiger partial charge in [0.15, 0.2) is 0 Å². The molecule has 0 radical (unpaired) electrons. The molecule has 0 spiro atoms. The van der Waals surface area contributed by atoms with Crippen LogP contribution in [0.2, 0.25) is 5.02 Å². The monoisotopic (exact) mass is 579 g/mol. The van der Waals surface area contributed by atoms with Gasteiger partial charge in [-0.2, -0.15) is 0 Å². The highest BCUT2D eigenvalue weighted by atomic mass is 35.5. The number of H-pyrrole nitrogens is 1. The summed E-state index contributed by atoms with van der Waals surface area (Å²) >= 11 is 6.48. The van der Waals surface area contributed by atoms with Crippen LogP contribution in [0.3, 0.4) is 0 Å². The average Bonchev–Trinajstić information content (AvgIpc) is 3.39. The smallest absolute Gasteiger partial charge is 0.148 e. The number of aromatic amines is 1. The first kappa shape index (κ1) is 27.6. The van der Waals surface area contributed by atoms with E-state index in [9.17, 15) is 12.8 Å². The first-order valence-electron chi connectivity index (χ1n) is 12.5. The summed E-state index contributed by atoms with van der Waals surface area (Å²) in [6.07, 6.45) is 2.72. The highest BCUT2D eigenvalue weighted by Crippen LogP contribution is 2.32. The van der Waals surface area contributed by atoms with Crippen molar-refractivity contribution in [1.82, 2.24) is 20.3 Å². The minimum absolute atomic E-state index is 0.0941. The van der Waals surface area contributed by atoms with Gasteiger partial charge in [-0.05, 0) is 65.7 Å². The summed E-state index contributed by atoms with van der Waals surface area (Å²) < 4.78 is 41.8. The number of halogens is 2. The summed E-state index contributed by atoms with van der Waals surface area (Å²) in [6, 6.07) is 21.4. The lowest BCUT2D eigenvalue weighted by atomic mass is 10.1. The van der Waals surface area contributed by atoms with Gasteiger partial charge >= 0.3 is 0 Å². The maximum Gasteiger partial charge on any atom is 0.148 e. The number of nitrogens with one attached hydrogen (secondary N) is 3. The summed E-state index contributed by atoms with van der Waals surface area (Å²) in [5, 5.41) is 7.69. The molecule has 0 fully saturated rings. The summed E-state index contributed by atoms with van der Waals surface area (Å²) in [5.41, 5.74) is 5.01. The van der Waals surface area contributed by atoms with Crippen molar-refractivity contribution in [1.29, 1.82) is 0 Å². The van der Waals surface area contributed by atoms with Gasteiger partial charge in [0.1, 0.15) is 40.2 Å². The number of aromatic nitrogens is 3. The summed E-state index contributed by atoms with van der Waals surface area (Å²) in [6.45, 7) is 1.11. The van der Waals surface area contributed by atoms with Crippen molar-refractivity contribution in [3.05, 3.63) is 101 Å². The molecule has 40 heavy (non-hydrogen) atoms. The second-order valence-corrected chi connectivity index (χ2v) is 12.0. The van der Waals surface area contributed by atoms with Crippen LogP contribution in [0.1, 0.15) is 11.3 Å². The van der Waals surface area contributed by atoms with E-state index in [1.165, 1.54) is 24.7 Å². The minimum Gasteiger partial charge on any atom is -0.487 e. The fourth-order valence-corrected chi connectivity index (χ4v) is 4.89. The first-order valence-corrected chi connectivity index (χ1v) is 14.9. The zero-order valence-electron chi connectivity index (χ0n) is 21.6. The number of hydrogen-bond acceptors (Lipinski definition) is 7. The fourth-order valence-electron chi connectivity index (χ4n) is 4.14. The van der Waals surface area contributed by atoms with Gasteiger partial charge in [-0.3, -0.25) is 0 Å². The van der Waals surface area contributed by atoms with E-state index < -0.39 is 9.84 Å². The number of ether oxygens (including phenoxy) is 1. The van der Waals surface area contributed by atoms with Gasteiger partial charge in [0.2, 0.25) is 0 Å². The van der Waals surface area contributed by atoms with Crippen molar-refractivity contribution in [2.75, 3.05) is 23.9 Å². The SMILES string of the molecule is CS(=O)(=O)CCNCc1ccc(-c2ccc3ncnc(Nc4ccc(OCc5cccc(F)c5)c(Cl)c4)c3c2)[nH]1. The number of sulfone groups is 1. The Balaban J connectivity index is 1.29. The Morgan fingerprint density at radius 2 is 1.90 bits per heavy atom. The Morgan fingerprint density at radius 1 is 1.02 bits per heavy atom. The van der Waals surface area contributed by atoms with E-state index in [0.29, 0.717) is 35.2 Å². The first-order chi connectivity index (χ1) is 19.2. The molecule has 5 rings (SSSR count). The van der Waals surface area contributed by atoms with E-state index in [-0.39, 0.29) is 18.2 Å². The van der Waals surface area contributed by atoms with Crippen LogP contribution in [0.15, 0.2) is 79.1 Å². The van der Waals surface area contributed by atoms with E-state index in [1.54, 1.807) is 24.3 Å². The fraction of sp³-hybridized carbons (Fsp3) is 0.172. The molecule has 0 bridgehead atoms. The molecule has 2 aromatic heterocycles. The van der Waals surface area contributed by atoms with Crippen molar-refractivity contribution in [2.45, 2.75) is 13.2 Å². The zero-order valence-corrected chi connectivity index (χ0v) is 23.2.